The average Bonchev–Trinajstić information content (AvgIpc) is 2.90. The molecule has 0 amide bonds. The van der Waals surface area contributed by atoms with Crippen LogP contribution in [0.3, 0.4) is 0 Å². The number of benzene rings is 2. The highest BCUT2D eigenvalue weighted by Crippen LogP contribution is 2.29. The van der Waals surface area contributed by atoms with Gasteiger partial charge in [0.25, 0.3) is 0 Å². The zero-order valence-corrected chi connectivity index (χ0v) is 11.7. The van der Waals surface area contributed by atoms with Gasteiger partial charge in [0.1, 0.15) is 5.75 Å². The lowest BCUT2D eigenvalue weighted by atomic mass is 10.2. The molecule has 0 fully saturated rings. The lowest BCUT2D eigenvalue weighted by molar-refractivity contribution is 0.482. The van der Waals surface area contributed by atoms with Crippen LogP contribution in [-0.4, -0.2) is 9.78 Å². The second-order valence-electron chi connectivity index (χ2n) is 4.44. The van der Waals surface area contributed by atoms with Crippen LogP contribution in [0.15, 0.2) is 60.9 Å². The van der Waals surface area contributed by atoms with Gasteiger partial charge in [-0.2, -0.15) is 5.10 Å². The minimum absolute atomic E-state index is 0.580. The third kappa shape index (κ3) is 2.53. The Hall–Kier alpha value is -2.26. The van der Waals surface area contributed by atoms with Crippen molar-refractivity contribution in [1.82, 2.24) is 9.78 Å². The second-order valence-corrected chi connectivity index (χ2v) is 4.85. The van der Waals surface area contributed by atoms with E-state index in [0.717, 1.165) is 11.3 Å². The molecule has 1 aromatic heterocycles. The van der Waals surface area contributed by atoms with Crippen molar-refractivity contribution >= 4 is 11.6 Å². The van der Waals surface area contributed by atoms with Crippen molar-refractivity contribution in [3.05, 3.63) is 71.5 Å². The van der Waals surface area contributed by atoms with Gasteiger partial charge < -0.3 is 4.74 Å². The van der Waals surface area contributed by atoms with Gasteiger partial charge in [-0.25, -0.2) is 4.68 Å². The topological polar surface area (TPSA) is 27.1 Å². The maximum atomic E-state index is 6.07. The van der Waals surface area contributed by atoms with Crippen molar-refractivity contribution in [2.45, 2.75) is 6.92 Å². The summed E-state index contributed by atoms with van der Waals surface area (Å²) >= 11 is 6.07. The normalized spacial score (nSPS) is 10.5. The Morgan fingerprint density at radius 3 is 2.60 bits per heavy atom. The molecule has 0 unspecified atom stereocenters. The van der Waals surface area contributed by atoms with E-state index in [2.05, 4.69) is 5.10 Å². The number of rotatable bonds is 3. The highest BCUT2D eigenvalue weighted by atomic mass is 35.5. The van der Waals surface area contributed by atoms with E-state index >= 15 is 0 Å². The smallest absolute Gasteiger partial charge is 0.165 e. The second kappa shape index (κ2) is 5.39. The van der Waals surface area contributed by atoms with E-state index < -0.39 is 0 Å². The van der Waals surface area contributed by atoms with E-state index in [1.54, 1.807) is 16.9 Å². The van der Waals surface area contributed by atoms with Gasteiger partial charge in [0.2, 0.25) is 0 Å². The van der Waals surface area contributed by atoms with E-state index in [9.17, 15) is 0 Å². The number of halogens is 1. The molecule has 3 aromatic rings. The molecular formula is C16H13ClN2O. The summed E-state index contributed by atoms with van der Waals surface area (Å²) in [6.45, 7) is 2.05. The molecule has 0 N–H and O–H groups in total. The molecule has 100 valence electrons. The number of para-hydroxylation sites is 2. The molecule has 0 spiro atoms. The first-order valence-electron chi connectivity index (χ1n) is 6.27. The molecule has 20 heavy (non-hydrogen) atoms. The molecule has 0 aliphatic rings. The van der Waals surface area contributed by atoms with Crippen LogP contribution in [0.2, 0.25) is 5.02 Å². The monoisotopic (exact) mass is 284 g/mol. The zero-order valence-electron chi connectivity index (χ0n) is 11.0. The van der Waals surface area contributed by atoms with Crippen LogP contribution in [0.1, 0.15) is 5.56 Å². The highest BCUT2D eigenvalue weighted by Gasteiger charge is 2.06. The lowest BCUT2D eigenvalue weighted by Crippen LogP contribution is -1.96. The fourth-order valence-corrected chi connectivity index (χ4v) is 2.14. The molecule has 0 saturated heterocycles. The van der Waals surface area contributed by atoms with Gasteiger partial charge in [0, 0.05) is 0 Å². The molecule has 0 aliphatic carbocycles. The van der Waals surface area contributed by atoms with Crippen molar-refractivity contribution in [3.8, 4) is 17.2 Å². The summed E-state index contributed by atoms with van der Waals surface area (Å²) in [6.07, 6.45) is 3.52. The first-order chi connectivity index (χ1) is 9.74. The summed E-state index contributed by atoms with van der Waals surface area (Å²) in [5.41, 5.74) is 2.18. The lowest BCUT2D eigenvalue weighted by Gasteiger charge is -2.05. The SMILES string of the molecule is Cc1ccccc1-n1cc(Oc2ccccc2Cl)cn1. The van der Waals surface area contributed by atoms with E-state index in [4.69, 9.17) is 16.3 Å². The molecule has 3 nitrogen and oxygen atoms in total. The number of hydrogen-bond acceptors (Lipinski definition) is 2. The third-order valence-corrected chi connectivity index (χ3v) is 3.30. The molecule has 0 radical (unpaired) electrons. The summed E-state index contributed by atoms with van der Waals surface area (Å²) in [7, 11) is 0. The molecule has 0 bridgehead atoms. The van der Waals surface area contributed by atoms with Crippen LogP contribution in [0.4, 0.5) is 0 Å². The maximum absolute atomic E-state index is 6.07. The minimum atomic E-state index is 0.580. The quantitative estimate of drug-likeness (QED) is 0.701. The largest absolute Gasteiger partial charge is 0.452 e. The number of nitrogens with zero attached hydrogens (tertiary/aromatic N) is 2. The molecule has 3 rings (SSSR count). The minimum Gasteiger partial charge on any atom is -0.452 e. The van der Waals surface area contributed by atoms with Crippen LogP contribution in [0.5, 0.6) is 11.5 Å². The summed E-state index contributed by atoms with van der Waals surface area (Å²) in [5, 5.41) is 4.90. The fourth-order valence-electron chi connectivity index (χ4n) is 1.97. The van der Waals surface area contributed by atoms with Gasteiger partial charge in [0.05, 0.1) is 23.1 Å². The van der Waals surface area contributed by atoms with Crippen molar-refractivity contribution in [3.63, 3.8) is 0 Å². The molecule has 1 heterocycles. The Kier molecular flexibility index (Phi) is 3.44. The van der Waals surface area contributed by atoms with Crippen molar-refractivity contribution in [2.24, 2.45) is 0 Å². The van der Waals surface area contributed by atoms with E-state index in [1.807, 2.05) is 55.6 Å². The maximum Gasteiger partial charge on any atom is 0.165 e. The van der Waals surface area contributed by atoms with E-state index in [-0.39, 0.29) is 0 Å². The molecule has 0 aliphatic heterocycles. The number of aromatic nitrogens is 2. The summed E-state index contributed by atoms with van der Waals surface area (Å²) in [6, 6.07) is 15.4. The van der Waals surface area contributed by atoms with Gasteiger partial charge >= 0.3 is 0 Å². The molecule has 0 atom stereocenters. The predicted octanol–water partition coefficient (Wildman–Crippen LogP) is 4.63. The van der Waals surface area contributed by atoms with Crippen LogP contribution < -0.4 is 4.74 Å². The molecule has 0 saturated carbocycles. The summed E-state index contributed by atoms with van der Waals surface area (Å²) in [4.78, 5) is 0. The standard InChI is InChI=1S/C16H13ClN2O/c1-12-6-2-4-8-15(12)19-11-13(10-18-19)20-16-9-5-3-7-14(16)17/h2-11H,1H3. The fraction of sp³-hybridized carbons (Fsp3) is 0.0625. The zero-order chi connectivity index (χ0) is 13.9. The van der Waals surface area contributed by atoms with Gasteiger partial charge in [-0.3, -0.25) is 0 Å². The molecular weight excluding hydrogens is 272 g/mol. The summed E-state index contributed by atoms with van der Waals surface area (Å²) < 4.78 is 7.53. The number of hydrogen-bond donors (Lipinski definition) is 0. The van der Waals surface area contributed by atoms with Gasteiger partial charge in [-0.05, 0) is 30.7 Å². The predicted molar refractivity (Wildman–Crippen MR) is 79.8 cm³/mol. The van der Waals surface area contributed by atoms with Crippen molar-refractivity contribution in [2.75, 3.05) is 0 Å². The van der Waals surface area contributed by atoms with Gasteiger partial charge in [-0.15, -0.1) is 0 Å². The van der Waals surface area contributed by atoms with Gasteiger partial charge in [0.15, 0.2) is 5.75 Å². The van der Waals surface area contributed by atoms with Crippen LogP contribution >= 0.6 is 11.6 Å². The average molecular weight is 285 g/mol. The Morgan fingerprint density at radius 2 is 1.80 bits per heavy atom. The Balaban J connectivity index is 1.88. The van der Waals surface area contributed by atoms with Crippen molar-refractivity contribution < 1.29 is 4.74 Å². The Bertz CT molecular complexity index is 737. The Labute approximate surface area is 122 Å². The first kappa shape index (κ1) is 12.8. The third-order valence-electron chi connectivity index (χ3n) is 2.99. The number of ether oxygens (including phenoxy) is 1. The van der Waals surface area contributed by atoms with Crippen LogP contribution in [0.25, 0.3) is 5.69 Å². The number of aryl methyl sites for hydroxylation is 1. The summed E-state index contributed by atoms with van der Waals surface area (Å²) in [5.74, 6) is 1.28. The van der Waals surface area contributed by atoms with Crippen LogP contribution in [-0.2, 0) is 0 Å². The molecule has 4 heteroatoms. The van der Waals surface area contributed by atoms with E-state index in [0.29, 0.717) is 16.5 Å². The van der Waals surface area contributed by atoms with E-state index in [1.165, 1.54) is 0 Å². The van der Waals surface area contributed by atoms with Crippen molar-refractivity contribution in [1.29, 1.82) is 0 Å². The Morgan fingerprint density at radius 1 is 1.05 bits per heavy atom. The highest BCUT2D eigenvalue weighted by molar-refractivity contribution is 6.32. The van der Waals surface area contributed by atoms with Crippen LogP contribution in [0, 0.1) is 6.92 Å². The first-order valence-corrected chi connectivity index (χ1v) is 6.65. The molecule has 2 aromatic carbocycles. The van der Waals surface area contributed by atoms with Gasteiger partial charge in [-0.1, -0.05) is 41.9 Å².